The van der Waals surface area contributed by atoms with E-state index in [0.717, 1.165) is 24.3 Å². The van der Waals surface area contributed by atoms with Gasteiger partial charge in [0.1, 0.15) is 5.82 Å². The van der Waals surface area contributed by atoms with Crippen molar-refractivity contribution in [3.8, 4) is 0 Å². The number of allylic oxidation sites excluding steroid dienone is 1. The first-order chi connectivity index (χ1) is 14.6. The first kappa shape index (κ1) is 20.2. The van der Waals surface area contributed by atoms with Crippen molar-refractivity contribution in [3.63, 3.8) is 0 Å². The number of rotatable bonds is 7. The van der Waals surface area contributed by atoms with Gasteiger partial charge in [-0.25, -0.2) is 4.98 Å². The third kappa shape index (κ3) is 4.54. The lowest BCUT2D eigenvalue weighted by Gasteiger charge is -2.15. The van der Waals surface area contributed by atoms with E-state index in [4.69, 9.17) is 4.98 Å². The molecule has 1 aromatic heterocycles. The second-order valence-electron chi connectivity index (χ2n) is 8.44. The van der Waals surface area contributed by atoms with Crippen molar-refractivity contribution in [1.29, 1.82) is 0 Å². The standard InChI is InChI=1S/C28H30N2/c1-21(2)20-24-15-17-25(18-16-24)22(3)28-29-26-13-7-8-14-27(26)30(28)19-9-12-23-10-5-4-6-11-23/h4-18,21-22H,19-20H2,1-3H3/b12-9+. The van der Waals surface area contributed by atoms with E-state index in [0.29, 0.717) is 5.92 Å². The summed E-state index contributed by atoms with van der Waals surface area (Å²) in [6, 6.07) is 28.0. The van der Waals surface area contributed by atoms with Crippen molar-refractivity contribution in [2.45, 2.75) is 39.7 Å². The Labute approximate surface area is 179 Å². The molecule has 4 rings (SSSR count). The van der Waals surface area contributed by atoms with E-state index < -0.39 is 0 Å². The molecule has 0 radical (unpaired) electrons. The zero-order chi connectivity index (χ0) is 20.9. The maximum Gasteiger partial charge on any atom is 0.117 e. The molecule has 0 saturated heterocycles. The fourth-order valence-electron chi connectivity index (χ4n) is 4.04. The first-order valence-electron chi connectivity index (χ1n) is 10.9. The molecule has 4 aromatic rings. The predicted molar refractivity (Wildman–Crippen MR) is 128 cm³/mol. The molecule has 3 aromatic carbocycles. The van der Waals surface area contributed by atoms with E-state index in [1.807, 2.05) is 6.07 Å². The van der Waals surface area contributed by atoms with Crippen LogP contribution in [0.15, 0.2) is 84.9 Å². The van der Waals surface area contributed by atoms with E-state index in [2.05, 4.69) is 110 Å². The van der Waals surface area contributed by atoms with Crippen LogP contribution in [0.1, 0.15) is 49.2 Å². The molecule has 0 aliphatic heterocycles. The van der Waals surface area contributed by atoms with Gasteiger partial charge in [-0.3, -0.25) is 0 Å². The highest BCUT2D eigenvalue weighted by atomic mass is 15.1. The molecule has 1 heterocycles. The molecule has 1 unspecified atom stereocenters. The summed E-state index contributed by atoms with van der Waals surface area (Å²) in [5, 5.41) is 0. The molecule has 0 fully saturated rings. The second kappa shape index (κ2) is 9.13. The fraction of sp³-hybridized carbons (Fsp3) is 0.250. The summed E-state index contributed by atoms with van der Waals surface area (Å²) in [5.41, 5.74) is 6.18. The average molecular weight is 395 g/mol. The summed E-state index contributed by atoms with van der Waals surface area (Å²) in [6.07, 6.45) is 5.53. The molecule has 0 bridgehead atoms. The third-order valence-corrected chi connectivity index (χ3v) is 5.59. The molecule has 2 nitrogen and oxygen atoms in total. The fourth-order valence-corrected chi connectivity index (χ4v) is 4.04. The number of para-hydroxylation sites is 2. The predicted octanol–water partition coefficient (Wildman–Crippen LogP) is 7.10. The van der Waals surface area contributed by atoms with E-state index >= 15 is 0 Å². The number of imidazole rings is 1. The van der Waals surface area contributed by atoms with Crippen LogP contribution in [-0.2, 0) is 13.0 Å². The molecule has 1 atom stereocenters. The third-order valence-electron chi connectivity index (χ3n) is 5.59. The van der Waals surface area contributed by atoms with Gasteiger partial charge in [0.2, 0.25) is 0 Å². The zero-order valence-corrected chi connectivity index (χ0v) is 18.1. The Morgan fingerprint density at radius 3 is 2.27 bits per heavy atom. The number of benzene rings is 3. The molecule has 0 aliphatic carbocycles. The van der Waals surface area contributed by atoms with Gasteiger partial charge < -0.3 is 4.57 Å². The van der Waals surface area contributed by atoms with E-state index in [-0.39, 0.29) is 5.92 Å². The Hall–Kier alpha value is -3.13. The van der Waals surface area contributed by atoms with Gasteiger partial charge in [-0.1, -0.05) is 99.7 Å². The van der Waals surface area contributed by atoms with Crippen LogP contribution >= 0.6 is 0 Å². The van der Waals surface area contributed by atoms with Gasteiger partial charge in [-0.2, -0.15) is 0 Å². The minimum absolute atomic E-state index is 0.232. The lowest BCUT2D eigenvalue weighted by Crippen LogP contribution is -2.08. The molecular formula is C28H30N2. The van der Waals surface area contributed by atoms with Gasteiger partial charge >= 0.3 is 0 Å². The number of hydrogen-bond donors (Lipinski definition) is 0. The van der Waals surface area contributed by atoms with Crippen molar-refractivity contribution in [2.75, 3.05) is 0 Å². The van der Waals surface area contributed by atoms with Gasteiger partial charge in [0.05, 0.1) is 11.0 Å². The van der Waals surface area contributed by atoms with Crippen molar-refractivity contribution >= 4 is 17.1 Å². The van der Waals surface area contributed by atoms with Crippen molar-refractivity contribution < 1.29 is 0 Å². The number of nitrogens with zero attached hydrogens (tertiary/aromatic N) is 2. The van der Waals surface area contributed by atoms with Crippen LogP contribution < -0.4 is 0 Å². The monoisotopic (exact) mass is 394 g/mol. The molecule has 0 amide bonds. The van der Waals surface area contributed by atoms with Gasteiger partial charge in [0, 0.05) is 12.5 Å². The molecule has 152 valence electrons. The maximum absolute atomic E-state index is 5.01. The maximum atomic E-state index is 5.01. The molecule has 0 spiro atoms. The summed E-state index contributed by atoms with van der Waals surface area (Å²) in [4.78, 5) is 5.01. The largest absolute Gasteiger partial charge is 0.324 e. The minimum Gasteiger partial charge on any atom is -0.324 e. The van der Waals surface area contributed by atoms with Gasteiger partial charge in [-0.05, 0) is 41.2 Å². The molecular weight excluding hydrogens is 364 g/mol. The zero-order valence-electron chi connectivity index (χ0n) is 18.1. The van der Waals surface area contributed by atoms with Crippen LogP contribution in [0.4, 0.5) is 0 Å². The smallest absolute Gasteiger partial charge is 0.117 e. The quantitative estimate of drug-likeness (QED) is 0.327. The summed E-state index contributed by atoms with van der Waals surface area (Å²) >= 11 is 0. The van der Waals surface area contributed by atoms with E-state index in [9.17, 15) is 0 Å². The Kier molecular flexibility index (Phi) is 6.13. The SMILES string of the molecule is CC(C)Cc1ccc(C(C)c2nc3ccccc3n2C/C=C/c2ccccc2)cc1. The number of hydrogen-bond acceptors (Lipinski definition) is 1. The summed E-state index contributed by atoms with van der Waals surface area (Å²) in [7, 11) is 0. The van der Waals surface area contributed by atoms with Crippen LogP contribution in [-0.4, -0.2) is 9.55 Å². The first-order valence-corrected chi connectivity index (χ1v) is 10.9. The molecule has 0 aliphatic rings. The Bertz CT molecular complexity index is 1120. The minimum atomic E-state index is 0.232. The normalized spacial score (nSPS) is 12.8. The Balaban J connectivity index is 1.64. The van der Waals surface area contributed by atoms with E-state index in [1.165, 1.54) is 22.2 Å². The summed E-state index contributed by atoms with van der Waals surface area (Å²) < 4.78 is 2.35. The molecule has 30 heavy (non-hydrogen) atoms. The molecule has 0 N–H and O–H groups in total. The van der Waals surface area contributed by atoms with E-state index in [1.54, 1.807) is 0 Å². The summed E-state index contributed by atoms with van der Waals surface area (Å²) in [6.45, 7) is 7.60. The topological polar surface area (TPSA) is 17.8 Å². The van der Waals surface area contributed by atoms with Crippen molar-refractivity contribution in [2.24, 2.45) is 5.92 Å². The van der Waals surface area contributed by atoms with Crippen LogP contribution in [0.25, 0.3) is 17.1 Å². The highest BCUT2D eigenvalue weighted by Crippen LogP contribution is 2.28. The Morgan fingerprint density at radius 1 is 0.833 bits per heavy atom. The van der Waals surface area contributed by atoms with Gasteiger partial charge in [0.15, 0.2) is 0 Å². The van der Waals surface area contributed by atoms with Gasteiger partial charge in [0.25, 0.3) is 0 Å². The van der Waals surface area contributed by atoms with Crippen LogP contribution in [0.3, 0.4) is 0 Å². The van der Waals surface area contributed by atoms with Crippen molar-refractivity contribution in [3.05, 3.63) is 107 Å². The lowest BCUT2D eigenvalue weighted by atomic mass is 9.96. The average Bonchev–Trinajstić information content (AvgIpc) is 3.13. The second-order valence-corrected chi connectivity index (χ2v) is 8.44. The molecule has 2 heteroatoms. The van der Waals surface area contributed by atoms with Crippen LogP contribution in [0.2, 0.25) is 0 Å². The van der Waals surface area contributed by atoms with Crippen LogP contribution in [0, 0.1) is 5.92 Å². The van der Waals surface area contributed by atoms with Gasteiger partial charge in [-0.15, -0.1) is 0 Å². The number of fused-ring (bicyclic) bond motifs is 1. The highest BCUT2D eigenvalue weighted by Gasteiger charge is 2.17. The summed E-state index contributed by atoms with van der Waals surface area (Å²) in [5.74, 6) is 2.02. The Morgan fingerprint density at radius 2 is 1.53 bits per heavy atom. The number of aromatic nitrogens is 2. The van der Waals surface area contributed by atoms with Crippen LogP contribution in [0.5, 0.6) is 0 Å². The lowest BCUT2D eigenvalue weighted by molar-refractivity contribution is 0.646. The molecule has 0 saturated carbocycles. The highest BCUT2D eigenvalue weighted by molar-refractivity contribution is 5.76. The van der Waals surface area contributed by atoms with Crippen molar-refractivity contribution in [1.82, 2.24) is 9.55 Å².